The van der Waals surface area contributed by atoms with E-state index in [-0.39, 0.29) is 25.1 Å². The molecule has 0 radical (unpaired) electrons. The van der Waals surface area contributed by atoms with Gasteiger partial charge in [-0.15, -0.1) is 0 Å². The largest absolute Gasteiger partial charge is 0.508 e. The Morgan fingerprint density at radius 2 is 1.56 bits per heavy atom. The predicted octanol–water partition coefficient (Wildman–Crippen LogP) is 7.62. The lowest BCUT2D eigenvalue weighted by Gasteiger charge is -2.25. The molecule has 1 aliphatic heterocycles. The molecule has 0 aromatic heterocycles. The molecule has 45 heavy (non-hydrogen) atoms. The van der Waals surface area contributed by atoms with Crippen molar-refractivity contribution >= 4 is 39.0 Å². The number of unbranched alkanes of at least 4 members (excludes halogenated alkanes) is 12. The number of hydrogen-bond donors (Lipinski definition) is 2. The highest BCUT2D eigenvalue weighted by molar-refractivity contribution is 7.80. The van der Waals surface area contributed by atoms with Gasteiger partial charge < -0.3 is 24.4 Å². The highest BCUT2D eigenvalue weighted by Gasteiger charge is 2.46. The Morgan fingerprint density at radius 1 is 0.956 bits per heavy atom. The van der Waals surface area contributed by atoms with Crippen LogP contribution in [0.1, 0.15) is 115 Å². The van der Waals surface area contributed by atoms with Crippen molar-refractivity contribution in [2.24, 2.45) is 5.92 Å². The quantitative estimate of drug-likeness (QED) is 0.0354. The molecule has 1 saturated heterocycles. The summed E-state index contributed by atoms with van der Waals surface area (Å²) in [6.07, 6.45) is 17.2. The lowest BCUT2D eigenvalue weighted by Crippen LogP contribution is -2.34. The van der Waals surface area contributed by atoms with Crippen molar-refractivity contribution in [2.45, 2.75) is 134 Å². The Morgan fingerprint density at radius 3 is 2.16 bits per heavy atom. The van der Waals surface area contributed by atoms with Gasteiger partial charge in [0, 0.05) is 25.6 Å². The van der Waals surface area contributed by atoms with Gasteiger partial charge in [-0.05, 0) is 31.2 Å². The van der Waals surface area contributed by atoms with Crippen LogP contribution < -0.4 is 5.32 Å². The molecular formula is C33H57BNO8PS. The summed E-state index contributed by atoms with van der Waals surface area (Å²) in [6.45, 7) is 2.86. The number of phosphoric ester groups is 1. The van der Waals surface area contributed by atoms with E-state index in [4.69, 9.17) is 31.0 Å². The molecule has 256 valence electrons. The van der Waals surface area contributed by atoms with E-state index in [1.54, 1.807) is 0 Å². The summed E-state index contributed by atoms with van der Waals surface area (Å²) in [5, 5.41) is 3.35. The molecule has 1 aliphatic rings. The molecule has 0 bridgehead atoms. The number of carbonyl (C=O) groups excluding carboxylic acids is 1. The molecule has 1 aromatic rings. The molecule has 0 spiro atoms. The van der Waals surface area contributed by atoms with Crippen molar-refractivity contribution in [3.05, 3.63) is 35.9 Å². The number of phosphoric acid groups is 1. The normalized spacial score (nSPS) is 20.9. The Labute approximate surface area is 277 Å². The van der Waals surface area contributed by atoms with Crippen LogP contribution >= 0.6 is 20.0 Å². The second kappa shape index (κ2) is 23.8. The maximum atomic E-state index is 12.3. The smallest absolute Gasteiger partial charge is 0.431 e. The Hall–Kier alpha value is -1.49. The Bertz CT molecular complexity index is 991. The molecule has 1 aromatic carbocycles. The maximum Gasteiger partial charge on any atom is 0.508 e. The van der Waals surface area contributed by atoms with Gasteiger partial charge in [-0.3, -0.25) is 9.05 Å². The van der Waals surface area contributed by atoms with Crippen LogP contribution in [0.4, 0.5) is 4.79 Å². The molecule has 0 aliphatic carbocycles. The zero-order valence-corrected chi connectivity index (χ0v) is 29.5. The standard InChI is InChI=1S/C33H57BNO8PS/c1-3-4-5-6-7-8-9-10-11-12-13-14-18-23-30(45)35-24-19-22-28-31(43-44(37,38)39-2)29(42-32(28)34)26-41-33(36)40-25-27-20-16-15-17-21-27/h15-17,20-21,28-29,31-32H,3-14,18-19,22-26,34H2,1-2H3,(H,35,45)(H,37,38)/t28?,29-,31-,32-/m1/s1. The van der Waals surface area contributed by atoms with Crippen molar-refractivity contribution in [1.29, 1.82) is 0 Å². The fourth-order valence-electron chi connectivity index (χ4n) is 5.74. The van der Waals surface area contributed by atoms with Crippen molar-refractivity contribution in [2.75, 3.05) is 20.3 Å². The van der Waals surface area contributed by atoms with E-state index < -0.39 is 26.2 Å². The van der Waals surface area contributed by atoms with Crippen LogP contribution in [0.3, 0.4) is 0 Å². The van der Waals surface area contributed by atoms with Gasteiger partial charge in [0.15, 0.2) is 0 Å². The van der Waals surface area contributed by atoms with E-state index in [2.05, 4.69) is 16.8 Å². The van der Waals surface area contributed by atoms with Crippen molar-refractivity contribution in [3.63, 3.8) is 0 Å². The summed E-state index contributed by atoms with van der Waals surface area (Å²) in [4.78, 5) is 23.1. The van der Waals surface area contributed by atoms with E-state index in [0.29, 0.717) is 13.0 Å². The van der Waals surface area contributed by atoms with Crippen molar-refractivity contribution in [1.82, 2.24) is 5.32 Å². The Kier molecular flexibility index (Phi) is 21.0. The molecule has 0 saturated carbocycles. The van der Waals surface area contributed by atoms with Crippen LogP contribution in [0.2, 0.25) is 0 Å². The van der Waals surface area contributed by atoms with Gasteiger partial charge >= 0.3 is 14.0 Å². The number of nitrogens with one attached hydrogen (secondary N) is 1. The molecular weight excluding hydrogens is 612 g/mol. The molecule has 0 amide bonds. The molecule has 1 fully saturated rings. The second-order valence-corrected chi connectivity index (χ2v) is 14.1. The maximum absolute atomic E-state index is 12.3. The van der Waals surface area contributed by atoms with E-state index in [1.165, 1.54) is 77.0 Å². The first kappa shape index (κ1) is 39.7. The molecule has 2 N–H and O–H groups in total. The number of rotatable bonds is 25. The zero-order chi connectivity index (χ0) is 32.8. The number of thiocarbonyl (C=S) groups is 1. The lowest BCUT2D eigenvalue weighted by molar-refractivity contribution is -0.0304. The van der Waals surface area contributed by atoms with Gasteiger partial charge in [0.2, 0.25) is 0 Å². The summed E-state index contributed by atoms with van der Waals surface area (Å²) in [5.41, 5.74) is 0.834. The molecule has 9 nitrogen and oxygen atoms in total. The molecule has 2 rings (SSSR count). The van der Waals surface area contributed by atoms with Gasteiger partial charge in [0.25, 0.3) is 0 Å². The number of ether oxygens (including phenoxy) is 3. The summed E-state index contributed by atoms with van der Waals surface area (Å²) >= 11 is 5.55. The molecule has 5 atom stereocenters. The number of hydrogen-bond acceptors (Lipinski definition) is 8. The van der Waals surface area contributed by atoms with Gasteiger partial charge in [0.1, 0.15) is 33.3 Å². The summed E-state index contributed by atoms with van der Waals surface area (Å²) < 4.78 is 38.9. The Balaban J connectivity index is 1.62. The number of carbonyl (C=O) groups is 1. The molecule has 1 heterocycles. The van der Waals surface area contributed by atoms with Crippen LogP contribution in [0, 0.1) is 5.92 Å². The van der Waals surface area contributed by atoms with Crippen molar-refractivity contribution in [3.8, 4) is 0 Å². The van der Waals surface area contributed by atoms with Crippen LogP contribution in [0.25, 0.3) is 0 Å². The van der Waals surface area contributed by atoms with Crippen LogP contribution in [0.15, 0.2) is 30.3 Å². The van der Waals surface area contributed by atoms with E-state index in [9.17, 15) is 14.3 Å². The van der Waals surface area contributed by atoms with E-state index in [0.717, 1.165) is 36.9 Å². The lowest BCUT2D eigenvalue weighted by atomic mass is 9.82. The zero-order valence-electron chi connectivity index (χ0n) is 27.8. The highest BCUT2D eigenvalue weighted by Crippen LogP contribution is 2.48. The van der Waals surface area contributed by atoms with Crippen LogP contribution in [-0.2, 0) is 34.4 Å². The van der Waals surface area contributed by atoms with Gasteiger partial charge in [0.05, 0.1) is 4.99 Å². The fraction of sp³-hybridized carbons (Fsp3) is 0.758. The van der Waals surface area contributed by atoms with Crippen LogP contribution in [-0.4, -0.2) is 62.4 Å². The fourth-order valence-corrected chi connectivity index (χ4v) is 6.67. The monoisotopic (exact) mass is 669 g/mol. The topological polar surface area (TPSA) is 113 Å². The minimum atomic E-state index is -4.30. The van der Waals surface area contributed by atoms with Crippen LogP contribution in [0.5, 0.6) is 0 Å². The third kappa shape index (κ3) is 17.9. The third-order valence-corrected chi connectivity index (χ3v) is 9.69. The first-order valence-corrected chi connectivity index (χ1v) is 19.0. The molecule has 2 unspecified atom stereocenters. The minimum absolute atomic E-state index is 0.0773. The first-order chi connectivity index (χ1) is 21.8. The van der Waals surface area contributed by atoms with E-state index in [1.807, 2.05) is 38.2 Å². The first-order valence-electron chi connectivity index (χ1n) is 17.1. The average molecular weight is 670 g/mol. The second-order valence-electron chi connectivity index (χ2n) is 12.1. The SMILES string of the molecule is B[C@@H]1O[C@H](COC(=O)OCc2ccccc2)[C@H](OP(=O)(O)OC)C1CCCNC(=S)CCCCCCCCCCCCCCC. The number of benzene rings is 1. The molecule has 12 heteroatoms. The van der Waals surface area contributed by atoms with Crippen molar-refractivity contribution < 1.29 is 37.5 Å². The highest BCUT2D eigenvalue weighted by atomic mass is 32.1. The van der Waals surface area contributed by atoms with E-state index >= 15 is 0 Å². The third-order valence-electron chi connectivity index (χ3n) is 8.38. The predicted molar refractivity (Wildman–Crippen MR) is 185 cm³/mol. The average Bonchev–Trinajstić information content (AvgIpc) is 3.32. The van der Waals surface area contributed by atoms with Gasteiger partial charge in [-0.25, -0.2) is 9.36 Å². The van der Waals surface area contributed by atoms with Gasteiger partial charge in [-0.2, -0.15) is 0 Å². The summed E-state index contributed by atoms with van der Waals surface area (Å²) in [6, 6.07) is 8.99. The minimum Gasteiger partial charge on any atom is -0.431 e. The summed E-state index contributed by atoms with van der Waals surface area (Å²) in [5.74, 6) is -0.203. The van der Waals surface area contributed by atoms with Gasteiger partial charge in [-0.1, -0.05) is 127 Å². The summed E-state index contributed by atoms with van der Waals surface area (Å²) in [7, 11) is -1.30.